The SMILES string of the molecule is CC(C)(C)[Si](OC1CCOC1CO)(c1ccccc1)c1ccccc1. The van der Waals surface area contributed by atoms with Crippen LogP contribution < -0.4 is 10.4 Å². The summed E-state index contributed by atoms with van der Waals surface area (Å²) in [4.78, 5) is 0. The van der Waals surface area contributed by atoms with Crippen LogP contribution in [0.3, 0.4) is 0 Å². The van der Waals surface area contributed by atoms with Crippen LogP contribution in [0.15, 0.2) is 60.7 Å². The molecule has 0 spiro atoms. The lowest BCUT2D eigenvalue weighted by Gasteiger charge is -2.45. The topological polar surface area (TPSA) is 38.7 Å². The third-order valence-corrected chi connectivity index (χ3v) is 10.1. The van der Waals surface area contributed by atoms with Crippen molar-refractivity contribution >= 4 is 18.7 Å². The molecule has 3 rings (SSSR count). The lowest BCUT2D eigenvalue weighted by atomic mass is 10.2. The zero-order valence-electron chi connectivity index (χ0n) is 15.3. The van der Waals surface area contributed by atoms with Gasteiger partial charge in [-0.25, -0.2) is 0 Å². The Morgan fingerprint density at radius 3 is 1.96 bits per heavy atom. The van der Waals surface area contributed by atoms with Crippen molar-refractivity contribution in [1.82, 2.24) is 0 Å². The number of aliphatic hydroxyl groups excluding tert-OH is 1. The Kier molecular flexibility index (Phi) is 5.44. The first kappa shape index (κ1) is 18.3. The molecule has 2 atom stereocenters. The van der Waals surface area contributed by atoms with E-state index in [0.717, 1.165) is 6.42 Å². The highest BCUT2D eigenvalue weighted by atomic mass is 28.4. The summed E-state index contributed by atoms with van der Waals surface area (Å²) < 4.78 is 12.7. The molecule has 134 valence electrons. The van der Waals surface area contributed by atoms with Gasteiger partial charge in [0, 0.05) is 6.61 Å². The van der Waals surface area contributed by atoms with Crippen LogP contribution in [-0.2, 0) is 9.16 Å². The summed E-state index contributed by atoms with van der Waals surface area (Å²) in [5.74, 6) is 0. The molecular weight excluding hydrogens is 328 g/mol. The number of ether oxygens (including phenoxy) is 1. The van der Waals surface area contributed by atoms with Crippen molar-refractivity contribution in [1.29, 1.82) is 0 Å². The monoisotopic (exact) mass is 356 g/mol. The third-order valence-electron chi connectivity index (χ3n) is 5.07. The van der Waals surface area contributed by atoms with Gasteiger partial charge in [0.05, 0.1) is 12.7 Å². The van der Waals surface area contributed by atoms with Crippen molar-refractivity contribution in [3.63, 3.8) is 0 Å². The molecule has 2 aromatic rings. The van der Waals surface area contributed by atoms with Crippen LogP contribution in [0.4, 0.5) is 0 Å². The van der Waals surface area contributed by atoms with Crippen molar-refractivity contribution in [2.45, 2.75) is 44.4 Å². The number of benzene rings is 2. The van der Waals surface area contributed by atoms with Crippen LogP contribution >= 0.6 is 0 Å². The standard InChI is InChI=1S/C21H28O3Si/c1-21(2,3)25(17-10-6-4-7-11-17,18-12-8-5-9-13-18)24-19-14-15-23-20(19)16-22/h4-13,19-20,22H,14-16H2,1-3H3. The second-order valence-corrected chi connectivity index (χ2v) is 12.0. The van der Waals surface area contributed by atoms with Crippen LogP contribution in [0.5, 0.6) is 0 Å². The highest BCUT2D eigenvalue weighted by Gasteiger charge is 2.52. The van der Waals surface area contributed by atoms with Gasteiger partial charge in [-0.15, -0.1) is 0 Å². The molecule has 3 nitrogen and oxygen atoms in total. The molecule has 0 aliphatic carbocycles. The molecule has 1 saturated heterocycles. The van der Waals surface area contributed by atoms with Crippen LogP contribution in [0.1, 0.15) is 27.2 Å². The van der Waals surface area contributed by atoms with Gasteiger partial charge in [0.1, 0.15) is 6.10 Å². The van der Waals surface area contributed by atoms with Crippen molar-refractivity contribution in [3.05, 3.63) is 60.7 Å². The van der Waals surface area contributed by atoms with Crippen molar-refractivity contribution in [2.24, 2.45) is 0 Å². The van der Waals surface area contributed by atoms with E-state index in [1.165, 1.54) is 10.4 Å². The Labute approximate surface area is 151 Å². The third kappa shape index (κ3) is 3.44. The van der Waals surface area contributed by atoms with E-state index in [0.29, 0.717) is 6.61 Å². The van der Waals surface area contributed by atoms with Gasteiger partial charge in [0.15, 0.2) is 0 Å². The summed E-state index contributed by atoms with van der Waals surface area (Å²) in [5, 5.41) is 12.2. The van der Waals surface area contributed by atoms with E-state index in [4.69, 9.17) is 9.16 Å². The van der Waals surface area contributed by atoms with Gasteiger partial charge in [-0.05, 0) is 21.8 Å². The predicted molar refractivity (Wildman–Crippen MR) is 104 cm³/mol. The first-order chi connectivity index (χ1) is 12.0. The van der Waals surface area contributed by atoms with Gasteiger partial charge in [0.25, 0.3) is 8.32 Å². The second kappa shape index (κ2) is 7.42. The van der Waals surface area contributed by atoms with E-state index in [1.54, 1.807) is 0 Å². The minimum Gasteiger partial charge on any atom is -0.402 e. The molecule has 0 aromatic heterocycles. The average molecular weight is 357 g/mol. The zero-order valence-corrected chi connectivity index (χ0v) is 16.3. The fourth-order valence-corrected chi connectivity index (χ4v) is 8.59. The van der Waals surface area contributed by atoms with E-state index < -0.39 is 8.32 Å². The Morgan fingerprint density at radius 2 is 1.52 bits per heavy atom. The summed E-state index contributed by atoms with van der Waals surface area (Å²) in [7, 11) is -2.56. The molecule has 1 heterocycles. The van der Waals surface area contributed by atoms with E-state index >= 15 is 0 Å². The minimum absolute atomic E-state index is 0.00285. The van der Waals surface area contributed by atoms with Crippen molar-refractivity contribution in [3.8, 4) is 0 Å². The Hall–Kier alpha value is -1.46. The molecule has 2 unspecified atom stereocenters. The number of hydrogen-bond acceptors (Lipinski definition) is 3. The summed E-state index contributed by atoms with van der Waals surface area (Å²) in [5.41, 5.74) is 0. The molecule has 1 N–H and O–H groups in total. The molecule has 0 saturated carbocycles. The van der Waals surface area contributed by atoms with E-state index in [1.807, 2.05) is 12.1 Å². The number of hydrogen-bond donors (Lipinski definition) is 1. The van der Waals surface area contributed by atoms with Gasteiger partial charge >= 0.3 is 0 Å². The molecular formula is C21H28O3Si. The molecule has 4 heteroatoms. The summed E-state index contributed by atoms with van der Waals surface area (Å²) in [6, 6.07) is 21.2. The lowest BCUT2D eigenvalue weighted by molar-refractivity contribution is 0.00965. The first-order valence-corrected chi connectivity index (χ1v) is 10.9. The van der Waals surface area contributed by atoms with Crippen molar-refractivity contribution < 1.29 is 14.3 Å². The number of aliphatic hydroxyl groups is 1. The Morgan fingerprint density at radius 1 is 1.00 bits per heavy atom. The van der Waals surface area contributed by atoms with Gasteiger partial charge in [-0.2, -0.15) is 0 Å². The second-order valence-electron chi connectivity index (χ2n) is 7.70. The van der Waals surface area contributed by atoms with Gasteiger partial charge < -0.3 is 14.3 Å². The molecule has 1 aliphatic rings. The molecule has 0 amide bonds. The van der Waals surface area contributed by atoms with Gasteiger partial charge in [-0.1, -0.05) is 81.4 Å². The first-order valence-electron chi connectivity index (χ1n) is 9.00. The van der Waals surface area contributed by atoms with Crippen LogP contribution in [0.25, 0.3) is 0 Å². The van der Waals surface area contributed by atoms with Gasteiger partial charge in [-0.3, -0.25) is 0 Å². The van der Waals surface area contributed by atoms with Crippen LogP contribution in [-0.4, -0.2) is 38.8 Å². The van der Waals surface area contributed by atoms with Crippen LogP contribution in [0.2, 0.25) is 5.04 Å². The van der Waals surface area contributed by atoms with E-state index in [2.05, 4.69) is 69.3 Å². The van der Waals surface area contributed by atoms with Crippen molar-refractivity contribution in [2.75, 3.05) is 13.2 Å². The minimum atomic E-state index is -2.56. The van der Waals surface area contributed by atoms with E-state index in [9.17, 15) is 5.11 Å². The molecule has 1 fully saturated rings. The van der Waals surface area contributed by atoms with Gasteiger partial charge in [0.2, 0.25) is 0 Å². The largest absolute Gasteiger partial charge is 0.402 e. The normalized spacial score (nSPS) is 21.4. The lowest BCUT2D eigenvalue weighted by Crippen LogP contribution is -2.68. The highest BCUT2D eigenvalue weighted by Crippen LogP contribution is 2.39. The predicted octanol–water partition coefficient (Wildman–Crippen LogP) is 2.71. The van der Waals surface area contributed by atoms with E-state index in [-0.39, 0.29) is 23.9 Å². The maximum Gasteiger partial charge on any atom is 0.261 e. The molecule has 0 bridgehead atoms. The number of rotatable bonds is 5. The smallest absolute Gasteiger partial charge is 0.261 e. The molecule has 0 radical (unpaired) electrons. The Balaban J connectivity index is 2.15. The fourth-order valence-electron chi connectivity index (χ4n) is 3.85. The summed E-state index contributed by atoms with van der Waals surface area (Å²) in [6.07, 6.45) is 0.522. The maximum absolute atomic E-state index is 9.69. The molecule has 1 aliphatic heterocycles. The molecule has 2 aromatic carbocycles. The quantitative estimate of drug-likeness (QED) is 0.837. The molecule has 25 heavy (non-hydrogen) atoms. The summed E-state index contributed by atoms with van der Waals surface area (Å²) >= 11 is 0. The Bertz CT molecular complexity index is 627. The van der Waals surface area contributed by atoms with Crippen LogP contribution in [0, 0.1) is 0 Å². The maximum atomic E-state index is 9.69. The average Bonchev–Trinajstić information content (AvgIpc) is 3.07. The fraction of sp³-hybridized carbons (Fsp3) is 0.429. The summed E-state index contributed by atoms with van der Waals surface area (Å²) in [6.45, 7) is 7.45. The highest BCUT2D eigenvalue weighted by molar-refractivity contribution is 6.99. The zero-order chi connectivity index (χ0) is 17.9.